The summed E-state index contributed by atoms with van der Waals surface area (Å²) in [5.41, 5.74) is 0.221. The number of nitrogens with one attached hydrogen (secondary N) is 2. The second-order valence-corrected chi connectivity index (χ2v) is 5.28. The summed E-state index contributed by atoms with van der Waals surface area (Å²) in [6.07, 6.45) is 1.93. The molecular weight excluding hydrogens is 302 g/mol. The van der Waals surface area contributed by atoms with E-state index >= 15 is 0 Å². The van der Waals surface area contributed by atoms with E-state index in [2.05, 4.69) is 10.6 Å². The topological polar surface area (TPSA) is 84.3 Å². The Morgan fingerprint density at radius 1 is 1.50 bits per heavy atom. The maximum Gasteiger partial charge on any atom is 0.294 e. The fourth-order valence-electron chi connectivity index (χ4n) is 1.59. The number of hydrogen-bond donors (Lipinski definition) is 2. The Bertz CT molecular complexity index is 511. The van der Waals surface area contributed by atoms with Gasteiger partial charge in [0.15, 0.2) is 0 Å². The molecule has 1 aromatic rings. The van der Waals surface area contributed by atoms with Gasteiger partial charge in [0.05, 0.1) is 9.95 Å². The van der Waals surface area contributed by atoms with Gasteiger partial charge in [0.1, 0.15) is 5.69 Å². The van der Waals surface area contributed by atoms with Crippen molar-refractivity contribution in [1.82, 2.24) is 5.32 Å². The van der Waals surface area contributed by atoms with Gasteiger partial charge in [-0.05, 0) is 19.2 Å². The van der Waals surface area contributed by atoms with Gasteiger partial charge in [-0.25, -0.2) is 0 Å². The van der Waals surface area contributed by atoms with Crippen molar-refractivity contribution in [2.75, 3.05) is 30.4 Å². The Morgan fingerprint density at radius 2 is 2.20 bits per heavy atom. The van der Waals surface area contributed by atoms with Gasteiger partial charge in [-0.15, -0.1) is 0 Å². The van der Waals surface area contributed by atoms with E-state index in [1.54, 1.807) is 11.8 Å². The third-order valence-corrected chi connectivity index (χ3v) is 3.38. The van der Waals surface area contributed by atoms with E-state index in [0.29, 0.717) is 13.1 Å². The number of nitrogens with zero attached hydrogens (tertiary/aromatic N) is 1. The molecule has 1 rings (SSSR count). The first-order valence-corrected chi connectivity index (χ1v) is 7.77. The molecule has 110 valence electrons. The highest BCUT2D eigenvalue weighted by Gasteiger charge is 2.20. The van der Waals surface area contributed by atoms with Crippen LogP contribution in [-0.2, 0) is 0 Å². The molecule has 0 radical (unpaired) electrons. The van der Waals surface area contributed by atoms with Crippen molar-refractivity contribution in [3.63, 3.8) is 0 Å². The minimum Gasteiger partial charge on any atom is -0.379 e. The van der Waals surface area contributed by atoms with Crippen molar-refractivity contribution in [2.45, 2.75) is 6.92 Å². The van der Waals surface area contributed by atoms with Crippen LogP contribution in [-0.4, -0.2) is 35.9 Å². The fourth-order valence-corrected chi connectivity index (χ4v) is 2.18. The number of hydrogen-bond acceptors (Lipinski definition) is 5. The van der Waals surface area contributed by atoms with Crippen LogP contribution in [0.2, 0.25) is 5.02 Å². The minimum absolute atomic E-state index is 0.163. The van der Waals surface area contributed by atoms with Gasteiger partial charge < -0.3 is 10.6 Å². The molecule has 0 unspecified atom stereocenters. The average molecular weight is 318 g/mol. The van der Waals surface area contributed by atoms with Gasteiger partial charge in [-0.2, -0.15) is 11.8 Å². The van der Waals surface area contributed by atoms with E-state index < -0.39 is 4.92 Å². The van der Waals surface area contributed by atoms with Crippen LogP contribution < -0.4 is 10.6 Å². The normalized spacial score (nSPS) is 10.2. The van der Waals surface area contributed by atoms with Gasteiger partial charge in [-0.1, -0.05) is 11.6 Å². The van der Waals surface area contributed by atoms with Crippen LogP contribution in [0.15, 0.2) is 12.1 Å². The van der Waals surface area contributed by atoms with Crippen LogP contribution in [0, 0.1) is 10.1 Å². The van der Waals surface area contributed by atoms with Crippen LogP contribution >= 0.6 is 23.4 Å². The molecule has 0 saturated carbocycles. The van der Waals surface area contributed by atoms with Gasteiger partial charge in [-0.3, -0.25) is 14.9 Å². The summed E-state index contributed by atoms with van der Waals surface area (Å²) in [6.45, 7) is 2.81. The summed E-state index contributed by atoms with van der Waals surface area (Å²) >= 11 is 7.61. The zero-order valence-corrected chi connectivity index (χ0v) is 12.8. The fraction of sp³-hybridized carbons (Fsp3) is 0.417. The van der Waals surface area contributed by atoms with Crippen molar-refractivity contribution < 1.29 is 9.72 Å². The van der Waals surface area contributed by atoms with Crippen molar-refractivity contribution in [1.29, 1.82) is 0 Å². The Hall–Kier alpha value is -1.47. The van der Waals surface area contributed by atoms with Crippen LogP contribution in [0.4, 0.5) is 11.4 Å². The second-order valence-electron chi connectivity index (χ2n) is 3.89. The van der Waals surface area contributed by atoms with Crippen molar-refractivity contribution in [3.05, 3.63) is 32.8 Å². The number of halogens is 1. The molecule has 0 spiro atoms. The number of carbonyl (C=O) groups excluding carboxylic acids is 1. The summed E-state index contributed by atoms with van der Waals surface area (Å²) in [4.78, 5) is 22.4. The van der Waals surface area contributed by atoms with Crippen LogP contribution in [0.1, 0.15) is 17.3 Å². The zero-order valence-electron chi connectivity index (χ0n) is 11.2. The Kier molecular flexibility index (Phi) is 6.60. The number of thioether (sulfide) groups is 1. The number of amides is 1. The molecular formula is C12H16ClN3O3S. The van der Waals surface area contributed by atoms with E-state index in [1.165, 1.54) is 12.1 Å². The van der Waals surface area contributed by atoms with Gasteiger partial charge in [0, 0.05) is 30.5 Å². The Labute approximate surface area is 126 Å². The second kappa shape index (κ2) is 7.96. The summed E-state index contributed by atoms with van der Waals surface area (Å²) in [5.74, 6) is 0.406. The molecule has 0 aliphatic rings. The lowest BCUT2D eigenvalue weighted by molar-refractivity contribution is -0.384. The lowest BCUT2D eigenvalue weighted by atomic mass is 10.1. The number of benzene rings is 1. The lowest BCUT2D eigenvalue weighted by Crippen LogP contribution is -2.25. The summed E-state index contributed by atoms with van der Waals surface area (Å²) in [5, 5.41) is 16.7. The van der Waals surface area contributed by atoms with Crippen LogP contribution in [0.5, 0.6) is 0 Å². The molecule has 1 amide bonds. The van der Waals surface area contributed by atoms with Gasteiger partial charge in [0.2, 0.25) is 0 Å². The predicted molar refractivity (Wildman–Crippen MR) is 83.0 cm³/mol. The molecule has 8 heteroatoms. The first-order valence-electron chi connectivity index (χ1n) is 6.00. The van der Waals surface area contributed by atoms with Crippen LogP contribution in [0.25, 0.3) is 0 Å². The molecule has 0 saturated heterocycles. The predicted octanol–water partition coefficient (Wildman–Crippen LogP) is 2.77. The van der Waals surface area contributed by atoms with Crippen molar-refractivity contribution in [3.8, 4) is 0 Å². The monoisotopic (exact) mass is 317 g/mol. The number of nitro benzene ring substituents is 1. The van der Waals surface area contributed by atoms with E-state index in [1.807, 2.05) is 13.2 Å². The standard InChI is InChI=1S/C12H16ClN3O3S/c1-3-14-11-9(13)6-8(7-10(11)16(18)19)12(17)15-4-5-20-2/h6-7,14H,3-5H2,1-2H3,(H,15,17). The van der Waals surface area contributed by atoms with E-state index in [0.717, 1.165) is 5.75 Å². The molecule has 0 fully saturated rings. The molecule has 20 heavy (non-hydrogen) atoms. The number of anilines is 1. The Morgan fingerprint density at radius 3 is 2.75 bits per heavy atom. The molecule has 6 nitrogen and oxygen atoms in total. The molecule has 0 atom stereocenters. The molecule has 0 aromatic heterocycles. The first kappa shape index (κ1) is 16.6. The lowest BCUT2D eigenvalue weighted by Gasteiger charge is -2.10. The van der Waals surface area contributed by atoms with Crippen molar-refractivity contribution in [2.24, 2.45) is 0 Å². The molecule has 1 aromatic carbocycles. The first-order chi connectivity index (χ1) is 9.51. The zero-order chi connectivity index (χ0) is 15.1. The number of nitro groups is 1. The third kappa shape index (κ3) is 4.28. The average Bonchev–Trinajstić information content (AvgIpc) is 2.40. The molecule has 2 N–H and O–H groups in total. The number of rotatable bonds is 7. The van der Waals surface area contributed by atoms with E-state index in [-0.39, 0.29) is 27.9 Å². The largest absolute Gasteiger partial charge is 0.379 e. The quantitative estimate of drug-likeness (QED) is 0.459. The highest BCUT2D eigenvalue weighted by atomic mass is 35.5. The maximum absolute atomic E-state index is 11.9. The smallest absolute Gasteiger partial charge is 0.294 e. The summed E-state index contributed by atoms with van der Waals surface area (Å²) in [6, 6.07) is 2.67. The highest BCUT2D eigenvalue weighted by Crippen LogP contribution is 2.33. The molecule has 0 heterocycles. The van der Waals surface area contributed by atoms with E-state index in [9.17, 15) is 14.9 Å². The molecule has 0 aliphatic heterocycles. The minimum atomic E-state index is -0.553. The SMILES string of the molecule is CCNc1c(Cl)cc(C(=O)NCCSC)cc1[N+](=O)[O-]. The van der Waals surface area contributed by atoms with Crippen LogP contribution in [0.3, 0.4) is 0 Å². The summed E-state index contributed by atoms with van der Waals surface area (Å²) < 4.78 is 0. The van der Waals surface area contributed by atoms with E-state index in [4.69, 9.17) is 11.6 Å². The highest BCUT2D eigenvalue weighted by molar-refractivity contribution is 7.98. The Balaban J connectivity index is 3.05. The molecule has 0 aliphatic carbocycles. The molecule has 0 bridgehead atoms. The van der Waals surface area contributed by atoms with Crippen molar-refractivity contribution >= 4 is 40.6 Å². The maximum atomic E-state index is 11.9. The third-order valence-electron chi connectivity index (χ3n) is 2.47. The summed E-state index contributed by atoms with van der Waals surface area (Å²) in [7, 11) is 0. The van der Waals surface area contributed by atoms with Gasteiger partial charge in [0.25, 0.3) is 11.6 Å². The number of carbonyl (C=O) groups is 1. The van der Waals surface area contributed by atoms with Gasteiger partial charge >= 0.3 is 0 Å².